The van der Waals surface area contributed by atoms with Crippen LogP contribution < -0.4 is 0 Å². The topological polar surface area (TPSA) is 49.1 Å². The van der Waals surface area contributed by atoms with Crippen molar-refractivity contribution >= 4 is 5.97 Å². The van der Waals surface area contributed by atoms with Crippen LogP contribution in [0, 0.1) is 6.57 Å². The van der Waals surface area contributed by atoms with Crippen LogP contribution in [0.1, 0.15) is 47.5 Å². The molecule has 1 rings (SSSR count). The molecule has 1 saturated heterocycles. The zero-order valence-electron chi connectivity index (χ0n) is 12.4. The molecule has 108 valence electrons. The fourth-order valence-corrected chi connectivity index (χ4v) is 2.13. The molecule has 0 amide bonds. The van der Waals surface area contributed by atoms with Crippen molar-refractivity contribution < 1.29 is 19.0 Å². The number of hydrogen-bond acceptors (Lipinski definition) is 4. The summed E-state index contributed by atoms with van der Waals surface area (Å²) in [6.45, 7) is 16.3. The van der Waals surface area contributed by atoms with Crippen LogP contribution in [0.5, 0.6) is 0 Å². The lowest BCUT2D eigenvalue weighted by Gasteiger charge is -2.39. The van der Waals surface area contributed by atoms with Gasteiger partial charge in [-0.05, 0) is 34.6 Å². The van der Waals surface area contributed by atoms with E-state index in [1.165, 1.54) is 0 Å². The Hall–Kier alpha value is -1.12. The molecule has 0 saturated carbocycles. The molecule has 1 aliphatic rings. The van der Waals surface area contributed by atoms with Gasteiger partial charge in [-0.1, -0.05) is 0 Å². The van der Waals surface area contributed by atoms with Gasteiger partial charge in [-0.15, -0.1) is 0 Å². The monoisotopic (exact) mass is 269 g/mol. The summed E-state index contributed by atoms with van der Waals surface area (Å²) < 4.78 is 16.6. The quantitative estimate of drug-likeness (QED) is 0.583. The van der Waals surface area contributed by atoms with Crippen molar-refractivity contribution in [3.05, 3.63) is 11.4 Å². The second-order valence-electron chi connectivity index (χ2n) is 6.25. The second-order valence-corrected chi connectivity index (χ2v) is 6.25. The summed E-state index contributed by atoms with van der Waals surface area (Å²) in [7, 11) is 0. The Morgan fingerprint density at radius 1 is 1.37 bits per heavy atom. The van der Waals surface area contributed by atoms with E-state index < -0.39 is 11.4 Å². The van der Waals surface area contributed by atoms with Gasteiger partial charge < -0.3 is 19.1 Å². The number of esters is 1. The molecular weight excluding hydrogens is 246 g/mol. The molecule has 0 spiro atoms. The first-order valence-corrected chi connectivity index (χ1v) is 6.52. The normalized spacial score (nSPS) is 26.5. The van der Waals surface area contributed by atoms with Gasteiger partial charge in [0.2, 0.25) is 6.54 Å². The smallest absolute Gasteiger partial charge is 0.308 e. The van der Waals surface area contributed by atoms with E-state index in [1.807, 2.05) is 20.8 Å². The lowest BCUT2D eigenvalue weighted by atomic mass is 10.1. The summed E-state index contributed by atoms with van der Waals surface area (Å²) >= 11 is 0. The van der Waals surface area contributed by atoms with Crippen molar-refractivity contribution in [2.24, 2.45) is 0 Å². The Morgan fingerprint density at radius 2 is 1.95 bits per heavy atom. The number of rotatable bonds is 3. The van der Waals surface area contributed by atoms with Crippen molar-refractivity contribution in [1.29, 1.82) is 0 Å². The Bertz CT molecular complexity index is 365. The van der Waals surface area contributed by atoms with Gasteiger partial charge in [0.1, 0.15) is 11.7 Å². The van der Waals surface area contributed by atoms with Gasteiger partial charge in [0.15, 0.2) is 5.79 Å². The SMILES string of the molecule is [C-]#[N+]CC1C[C@H](CC(=O)OC(C)(C)C)OC(C)(C)O1. The van der Waals surface area contributed by atoms with Crippen LogP contribution >= 0.6 is 0 Å². The summed E-state index contributed by atoms with van der Waals surface area (Å²) in [5.74, 6) is -1.04. The molecule has 5 heteroatoms. The molecule has 0 aromatic heterocycles. The maximum absolute atomic E-state index is 11.8. The second kappa shape index (κ2) is 5.89. The van der Waals surface area contributed by atoms with Crippen molar-refractivity contribution in [3.8, 4) is 0 Å². The van der Waals surface area contributed by atoms with Crippen molar-refractivity contribution in [1.82, 2.24) is 0 Å². The Balaban J connectivity index is 2.57. The van der Waals surface area contributed by atoms with Crippen LogP contribution in [0.2, 0.25) is 0 Å². The molecule has 0 bridgehead atoms. The lowest BCUT2D eigenvalue weighted by molar-refractivity contribution is -0.296. The maximum Gasteiger partial charge on any atom is 0.308 e. The number of hydrogen-bond donors (Lipinski definition) is 0. The van der Waals surface area contributed by atoms with Gasteiger partial charge >= 0.3 is 5.97 Å². The first kappa shape index (κ1) is 15.9. The van der Waals surface area contributed by atoms with Crippen molar-refractivity contribution in [3.63, 3.8) is 0 Å². The average Bonchev–Trinajstić information content (AvgIpc) is 2.10. The van der Waals surface area contributed by atoms with Gasteiger partial charge in [0.25, 0.3) is 0 Å². The largest absolute Gasteiger partial charge is 0.460 e. The zero-order chi connectivity index (χ0) is 14.7. The van der Waals surface area contributed by atoms with Gasteiger partial charge in [0.05, 0.1) is 12.5 Å². The number of nitrogens with zero attached hydrogens (tertiary/aromatic N) is 1. The van der Waals surface area contributed by atoms with Crippen LogP contribution in [0.4, 0.5) is 0 Å². The summed E-state index contributed by atoms with van der Waals surface area (Å²) in [4.78, 5) is 15.2. The third kappa shape index (κ3) is 6.04. The molecule has 2 atom stereocenters. The van der Waals surface area contributed by atoms with Crippen molar-refractivity contribution in [2.45, 2.75) is 71.1 Å². The molecule has 19 heavy (non-hydrogen) atoms. The van der Waals surface area contributed by atoms with Crippen LogP contribution in [0.25, 0.3) is 4.85 Å². The van der Waals surface area contributed by atoms with E-state index in [9.17, 15) is 4.79 Å². The van der Waals surface area contributed by atoms with Gasteiger partial charge in [-0.25, -0.2) is 6.57 Å². The summed E-state index contributed by atoms with van der Waals surface area (Å²) in [6, 6.07) is 0. The molecule has 1 aliphatic heterocycles. The first-order chi connectivity index (χ1) is 8.61. The molecule has 0 aromatic carbocycles. The molecule has 1 fully saturated rings. The van der Waals surface area contributed by atoms with E-state index >= 15 is 0 Å². The Morgan fingerprint density at radius 3 is 2.47 bits per heavy atom. The highest BCUT2D eigenvalue weighted by atomic mass is 16.7. The summed E-state index contributed by atoms with van der Waals surface area (Å²) in [6.07, 6.45) is 0.294. The van der Waals surface area contributed by atoms with E-state index in [2.05, 4.69) is 4.85 Å². The van der Waals surface area contributed by atoms with E-state index in [4.69, 9.17) is 20.8 Å². The average molecular weight is 269 g/mol. The van der Waals surface area contributed by atoms with Crippen LogP contribution in [0.3, 0.4) is 0 Å². The Labute approximate surface area is 115 Å². The molecule has 0 N–H and O–H groups in total. The number of ether oxygens (including phenoxy) is 3. The molecule has 5 nitrogen and oxygen atoms in total. The molecule has 0 aliphatic carbocycles. The highest BCUT2D eigenvalue weighted by Crippen LogP contribution is 2.29. The zero-order valence-corrected chi connectivity index (χ0v) is 12.4. The van der Waals surface area contributed by atoms with Gasteiger partial charge in [0, 0.05) is 6.42 Å². The minimum atomic E-state index is -0.764. The van der Waals surface area contributed by atoms with Crippen LogP contribution in [-0.4, -0.2) is 36.1 Å². The van der Waals surface area contributed by atoms with E-state index in [0.717, 1.165) is 0 Å². The fraction of sp³-hybridized carbons (Fsp3) is 0.857. The third-order valence-corrected chi connectivity index (χ3v) is 2.54. The molecule has 1 unspecified atom stereocenters. The molecular formula is C14H23NO4. The number of carbonyl (C=O) groups excluding carboxylic acids is 1. The Kier molecular flexibility index (Phi) is 4.94. The summed E-state index contributed by atoms with van der Waals surface area (Å²) in [5.41, 5.74) is -0.492. The predicted octanol–water partition coefficient (Wildman–Crippen LogP) is 2.55. The fourth-order valence-electron chi connectivity index (χ4n) is 2.13. The molecule has 0 radical (unpaired) electrons. The standard InChI is InChI=1S/C14H23NO4/c1-13(2,3)19-12(16)8-10-7-11(9-15-6)18-14(4,5)17-10/h10-11H,7-9H2,1-5H3/t10-,11?/m1/s1. The van der Waals surface area contributed by atoms with E-state index in [1.54, 1.807) is 13.8 Å². The van der Waals surface area contributed by atoms with E-state index in [-0.39, 0.29) is 31.1 Å². The van der Waals surface area contributed by atoms with Crippen molar-refractivity contribution in [2.75, 3.05) is 6.54 Å². The minimum absolute atomic E-state index is 0.186. The third-order valence-electron chi connectivity index (χ3n) is 2.54. The maximum atomic E-state index is 11.8. The van der Waals surface area contributed by atoms with E-state index in [0.29, 0.717) is 6.42 Å². The van der Waals surface area contributed by atoms with Crippen LogP contribution in [-0.2, 0) is 19.0 Å². The highest BCUT2D eigenvalue weighted by molar-refractivity contribution is 5.70. The van der Waals surface area contributed by atoms with Gasteiger partial charge in [-0.3, -0.25) is 4.79 Å². The minimum Gasteiger partial charge on any atom is -0.460 e. The molecule has 1 heterocycles. The summed E-state index contributed by atoms with van der Waals surface area (Å²) in [5, 5.41) is 0. The highest BCUT2D eigenvalue weighted by Gasteiger charge is 2.38. The molecule has 0 aromatic rings. The lowest BCUT2D eigenvalue weighted by Crippen LogP contribution is -2.46. The van der Waals surface area contributed by atoms with Crippen LogP contribution in [0.15, 0.2) is 0 Å². The predicted molar refractivity (Wildman–Crippen MR) is 70.4 cm³/mol. The van der Waals surface area contributed by atoms with Gasteiger partial charge in [-0.2, -0.15) is 0 Å². The number of carbonyl (C=O) groups is 1. The first-order valence-electron chi connectivity index (χ1n) is 6.52.